The van der Waals surface area contributed by atoms with Crippen LogP contribution in [0.3, 0.4) is 0 Å². The molecule has 0 bridgehead atoms. The summed E-state index contributed by atoms with van der Waals surface area (Å²) in [5.74, 6) is 1.13. The minimum atomic E-state index is 1.13. The van der Waals surface area contributed by atoms with Gasteiger partial charge in [0.25, 0.3) is 0 Å². The van der Waals surface area contributed by atoms with E-state index in [0.717, 1.165) is 18.9 Å². The van der Waals surface area contributed by atoms with Crippen LogP contribution in [0.2, 0.25) is 0 Å². The predicted octanol–water partition coefficient (Wildman–Crippen LogP) is 4.36. The van der Waals surface area contributed by atoms with E-state index in [-0.39, 0.29) is 0 Å². The van der Waals surface area contributed by atoms with Crippen LogP contribution in [-0.2, 0) is 0 Å². The van der Waals surface area contributed by atoms with Crippen LogP contribution in [0.1, 0.15) is 30.4 Å². The molecular formula is C18H22N2. The molecular weight excluding hydrogens is 244 g/mol. The lowest BCUT2D eigenvalue weighted by Crippen LogP contribution is -2.30. The second-order valence-electron chi connectivity index (χ2n) is 5.77. The van der Waals surface area contributed by atoms with Gasteiger partial charge in [-0.3, -0.25) is 0 Å². The first-order valence-corrected chi connectivity index (χ1v) is 7.53. The standard InChI is InChI=1S/C18H22N2/c1-14-6-7-15(2)17(12-14)16-8-9-19-18(13-16)20-10-4-3-5-11-20/h6-9,12-13H,3-5,10-11H2,1-2H3. The Morgan fingerprint density at radius 3 is 2.55 bits per heavy atom. The summed E-state index contributed by atoms with van der Waals surface area (Å²) in [6.45, 7) is 6.61. The molecule has 1 aliphatic heterocycles. The number of pyridine rings is 1. The van der Waals surface area contributed by atoms with Crippen LogP contribution >= 0.6 is 0 Å². The monoisotopic (exact) mass is 266 g/mol. The number of nitrogens with zero attached hydrogens (tertiary/aromatic N) is 2. The molecule has 0 amide bonds. The summed E-state index contributed by atoms with van der Waals surface area (Å²) in [5, 5.41) is 0. The van der Waals surface area contributed by atoms with Crippen molar-refractivity contribution in [2.75, 3.05) is 18.0 Å². The summed E-state index contributed by atoms with van der Waals surface area (Å²) in [4.78, 5) is 6.98. The lowest BCUT2D eigenvalue weighted by molar-refractivity contribution is 0.573. The van der Waals surface area contributed by atoms with Crippen LogP contribution in [0, 0.1) is 13.8 Å². The molecule has 1 aromatic heterocycles. The first-order valence-electron chi connectivity index (χ1n) is 7.53. The van der Waals surface area contributed by atoms with Gasteiger partial charge in [-0.1, -0.05) is 23.8 Å². The summed E-state index contributed by atoms with van der Waals surface area (Å²) in [6.07, 6.45) is 5.87. The minimum Gasteiger partial charge on any atom is -0.357 e. The molecule has 1 fully saturated rings. The van der Waals surface area contributed by atoms with Crippen molar-refractivity contribution in [2.24, 2.45) is 0 Å². The van der Waals surface area contributed by atoms with Crippen molar-refractivity contribution in [3.63, 3.8) is 0 Å². The van der Waals surface area contributed by atoms with Gasteiger partial charge in [-0.15, -0.1) is 0 Å². The molecule has 0 aliphatic carbocycles. The molecule has 2 aromatic rings. The predicted molar refractivity (Wildman–Crippen MR) is 85.2 cm³/mol. The van der Waals surface area contributed by atoms with Crippen LogP contribution in [0.5, 0.6) is 0 Å². The first-order chi connectivity index (χ1) is 9.74. The third kappa shape index (κ3) is 2.69. The van der Waals surface area contributed by atoms with Gasteiger partial charge in [0.15, 0.2) is 0 Å². The lowest BCUT2D eigenvalue weighted by Gasteiger charge is -2.28. The molecule has 2 heteroatoms. The summed E-state index contributed by atoms with van der Waals surface area (Å²) >= 11 is 0. The van der Waals surface area contributed by atoms with Gasteiger partial charge >= 0.3 is 0 Å². The third-order valence-corrected chi connectivity index (χ3v) is 4.13. The largest absolute Gasteiger partial charge is 0.357 e. The van der Waals surface area contributed by atoms with E-state index in [1.807, 2.05) is 6.20 Å². The molecule has 3 rings (SSSR count). The Bertz CT molecular complexity index is 598. The third-order valence-electron chi connectivity index (χ3n) is 4.13. The van der Waals surface area contributed by atoms with E-state index in [1.54, 1.807) is 0 Å². The SMILES string of the molecule is Cc1ccc(C)c(-c2ccnc(N3CCCCC3)c2)c1. The highest BCUT2D eigenvalue weighted by atomic mass is 15.2. The topological polar surface area (TPSA) is 16.1 Å². The van der Waals surface area contributed by atoms with Gasteiger partial charge in [0.05, 0.1) is 0 Å². The van der Waals surface area contributed by atoms with Crippen molar-refractivity contribution in [3.05, 3.63) is 47.7 Å². The number of hydrogen-bond acceptors (Lipinski definition) is 2. The van der Waals surface area contributed by atoms with E-state index < -0.39 is 0 Å². The highest BCUT2D eigenvalue weighted by molar-refractivity contribution is 5.70. The van der Waals surface area contributed by atoms with Crippen molar-refractivity contribution in [2.45, 2.75) is 33.1 Å². The molecule has 0 radical (unpaired) electrons. The highest BCUT2D eigenvalue weighted by Gasteiger charge is 2.13. The van der Waals surface area contributed by atoms with Gasteiger partial charge in [0.1, 0.15) is 5.82 Å². The molecule has 1 saturated heterocycles. The molecule has 0 N–H and O–H groups in total. The van der Waals surface area contributed by atoms with Crippen molar-refractivity contribution in [1.29, 1.82) is 0 Å². The zero-order valence-corrected chi connectivity index (χ0v) is 12.4. The molecule has 0 spiro atoms. The molecule has 1 aromatic carbocycles. The first kappa shape index (κ1) is 13.2. The molecule has 104 valence electrons. The van der Waals surface area contributed by atoms with E-state index in [4.69, 9.17) is 0 Å². The minimum absolute atomic E-state index is 1.13. The van der Waals surface area contributed by atoms with Gasteiger partial charge in [-0.05, 0) is 61.9 Å². The number of benzene rings is 1. The Morgan fingerprint density at radius 1 is 0.950 bits per heavy atom. The van der Waals surface area contributed by atoms with E-state index in [2.05, 4.69) is 54.1 Å². The van der Waals surface area contributed by atoms with Crippen molar-refractivity contribution in [3.8, 4) is 11.1 Å². The van der Waals surface area contributed by atoms with E-state index in [0.29, 0.717) is 0 Å². The Labute approximate surface area is 121 Å². The number of hydrogen-bond donors (Lipinski definition) is 0. The fourth-order valence-electron chi connectivity index (χ4n) is 2.93. The zero-order chi connectivity index (χ0) is 13.9. The quantitative estimate of drug-likeness (QED) is 0.803. The number of rotatable bonds is 2. The Kier molecular flexibility index (Phi) is 3.72. The Morgan fingerprint density at radius 2 is 1.75 bits per heavy atom. The van der Waals surface area contributed by atoms with Crippen LogP contribution in [0.4, 0.5) is 5.82 Å². The second kappa shape index (κ2) is 5.66. The van der Waals surface area contributed by atoms with E-state index in [9.17, 15) is 0 Å². The Hall–Kier alpha value is -1.83. The number of anilines is 1. The number of piperidine rings is 1. The van der Waals surface area contributed by atoms with Crippen LogP contribution in [-0.4, -0.2) is 18.1 Å². The smallest absolute Gasteiger partial charge is 0.129 e. The zero-order valence-electron chi connectivity index (χ0n) is 12.4. The average Bonchev–Trinajstić information content (AvgIpc) is 2.51. The van der Waals surface area contributed by atoms with E-state index >= 15 is 0 Å². The normalized spacial score (nSPS) is 15.4. The maximum absolute atomic E-state index is 4.57. The molecule has 2 nitrogen and oxygen atoms in total. The van der Waals surface area contributed by atoms with Gasteiger partial charge in [-0.2, -0.15) is 0 Å². The fraction of sp³-hybridized carbons (Fsp3) is 0.389. The van der Waals surface area contributed by atoms with Gasteiger partial charge in [0, 0.05) is 19.3 Å². The molecule has 0 unspecified atom stereocenters. The Balaban J connectivity index is 1.96. The fourth-order valence-corrected chi connectivity index (χ4v) is 2.93. The summed E-state index contributed by atoms with van der Waals surface area (Å²) in [5.41, 5.74) is 5.24. The lowest BCUT2D eigenvalue weighted by atomic mass is 9.99. The maximum Gasteiger partial charge on any atom is 0.129 e. The van der Waals surface area contributed by atoms with Crippen molar-refractivity contribution < 1.29 is 0 Å². The van der Waals surface area contributed by atoms with Crippen LogP contribution in [0.15, 0.2) is 36.5 Å². The molecule has 0 saturated carbocycles. The summed E-state index contributed by atoms with van der Waals surface area (Å²) < 4.78 is 0. The van der Waals surface area contributed by atoms with Crippen LogP contribution in [0.25, 0.3) is 11.1 Å². The molecule has 2 heterocycles. The number of aryl methyl sites for hydroxylation is 2. The molecule has 20 heavy (non-hydrogen) atoms. The summed E-state index contributed by atoms with van der Waals surface area (Å²) in [6, 6.07) is 11.0. The van der Waals surface area contributed by atoms with Crippen molar-refractivity contribution >= 4 is 5.82 Å². The van der Waals surface area contributed by atoms with Gasteiger partial charge < -0.3 is 4.90 Å². The van der Waals surface area contributed by atoms with Crippen LogP contribution < -0.4 is 4.90 Å². The molecule has 0 atom stereocenters. The summed E-state index contributed by atoms with van der Waals surface area (Å²) in [7, 11) is 0. The van der Waals surface area contributed by atoms with Crippen molar-refractivity contribution in [1.82, 2.24) is 4.98 Å². The molecule has 1 aliphatic rings. The van der Waals surface area contributed by atoms with E-state index in [1.165, 1.54) is 41.5 Å². The van der Waals surface area contributed by atoms with Gasteiger partial charge in [0.2, 0.25) is 0 Å². The number of aromatic nitrogens is 1. The maximum atomic E-state index is 4.57. The average molecular weight is 266 g/mol. The highest BCUT2D eigenvalue weighted by Crippen LogP contribution is 2.27. The second-order valence-corrected chi connectivity index (χ2v) is 5.77. The van der Waals surface area contributed by atoms with Gasteiger partial charge in [-0.25, -0.2) is 4.98 Å².